The van der Waals surface area contributed by atoms with Gasteiger partial charge in [0.15, 0.2) is 0 Å². The van der Waals surface area contributed by atoms with E-state index in [0.717, 1.165) is 36.9 Å². The first-order valence-electron chi connectivity index (χ1n) is 13.1. The molecule has 190 valence electrons. The fourth-order valence-electron chi connectivity index (χ4n) is 5.20. The highest BCUT2D eigenvalue weighted by Crippen LogP contribution is 2.41. The van der Waals surface area contributed by atoms with Gasteiger partial charge in [0.05, 0.1) is 24.0 Å². The smallest absolute Gasteiger partial charge is 0.251 e. The number of nitrogens with one attached hydrogen (secondary N) is 2. The number of hydrogen-bond donors (Lipinski definition) is 2. The summed E-state index contributed by atoms with van der Waals surface area (Å²) in [6, 6.07) is 9.50. The molecule has 2 aliphatic carbocycles. The Balaban J connectivity index is 1.36. The predicted octanol–water partition coefficient (Wildman–Crippen LogP) is 3.65. The molecule has 5 rings (SSSR count). The summed E-state index contributed by atoms with van der Waals surface area (Å²) in [6.07, 6.45) is 9.48. The van der Waals surface area contributed by atoms with Crippen LogP contribution < -0.4 is 20.4 Å². The molecule has 0 saturated heterocycles. The van der Waals surface area contributed by atoms with Gasteiger partial charge in [0.25, 0.3) is 5.91 Å². The lowest BCUT2D eigenvalue weighted by Crippen LogP contribution is -2.51. The van der Waals surface area contributed by atoms with Crippen LogP contribution in [0.3, 0.4) is 0 Å². The minimum atomic E-state index is -0.228. The number of fused-ring (bicyclic) bond motifs is 1. The van der Waals surface area contributed by atoms with E-state index < -0.39 is 0 Å². The van der Waals surface area contributed by atoms with Crippen LogP contribution in [0.4, 0.5) is 11.4 Å². The molecular formula is C28H35N5O3. The van der Waals surface area contributed by atoms with Gasteiger partial charge in [-0.25, -0.2) is 0 Å². The molecule has 1 unspecified atom stereocenters. The summed E-state index contributed by atoms with van der Waals surface area (Å²) < 4.78 is 0. The molecule has 3 amide bonds. The van der Waals surface area contributed by atoms with Crippen molar-refractivity contribution in [1.82, 2.24) is 15.6 Å². The Morgan fingerprint density at radius 3 is 2.53 bits per heavy atom. The average Bonchev–Trinajstić information content (AvgIpc) is 3.72. The molecule has 1 aromatic carbocycles. The third-order valence-electron chi connectivity index (χ3n) is 7.49. The van der Waals surface area contributed by atoms with Gasteiger partial charge in [0, 0.05) is 29.5 Å². The van der Waals surface area contributed by atoms with Crippen LogP contribution in [0.2, 0.25) is 0 Å². The number of aryl methyl sites for hydroxylation is 1. The topological polar surface area (TPSA) is 94.6 Å². The minimum Gasteiger partial charge on any atom is -0.345 e. The van der Waals surface area contributed by atoms with E-state index in [9.17, 15) is 14.4 Å². The summed E-state index contributed by atoms with van der Waals surface area (Å²) in [6.45, 7) is 4.04. The van der Waals surface area contributed by atoms with Crippen LogP contribution in [0.25, 0.3) is 0 Å². The molecule has 1 aromatic heterocycles. The lowest BCUT2D eigenvalue weighted by Gasteiger charge is -2.37. The molecule has 0 bridgehead atoms. The maximum atomic E-state index is 13.3. The van der Waals surface area contributed by atoms with E-state index in [0.29, 0.717) is 23.0 Å². The molecule has 2 N–H and O–H groups in total. The monoisotopic (exact) mass is 489 g/mol. The van der Waals surface area contributed by atoms with E-state index in [1.165, 1.54) is 19.3 Å². The number of aromatic nitrogens is 1. The Kier molecular flexibility index (Phi) is 7.05. The largest absolute Gasteiger partial charge is 0.345 e. The number of hydrogen-bond acceptors (Lipinski definition) is 5. The standard InChI is InChI=1S/C28H35N5O3/c1-18-8-9-21(15-29-18)19(2)31-28(36)20-10-13-24-25(14-20)32(17-27(35)33(24)23-11-12-23)26(34)16-30-22-6-4-3-5-7-22/h8-10,13-15,19,22-23,30H,3-7,11-12,16-17H2,1-2H3,(H,31,36). The van der Waals surface area contributed by atoms with Gasteiger partial charge in [-0.1, -0.05) is 25.3 Å². The fraction of sp³-hybridized carbons (Fsp3) is 0.500. The number of carbonyl (C=O) groups excluding carboxylic acids is 3. The summed E-state index contributed by atoms with van der Waals surface area (Å²) >= 11 is 0. The summed E-state index contributed by atoms with van der Waals surface area (Å²) in [5, 5.41) is 6.43. The van der Waals surface area contributed by atoms with E-state index in [4.69, 9.17) is 0 Å². The highest BCUT2D eigenvalue weighted by molar-refractivity contribution is 6.13. The first-order chi connectivity index (χ1) is 17.4. The molecular weight excluding hydrogens is 454 g/mol. The first kappa shape index (κ1) is 24.4. The van der Waals surface area contributed by atoms with Crippen molar-refractivity contribution < 1.29 is 14.4 Å². The number of amides is 3. The Bertz CT molecular complexity index is 1140. The quantitative estimate of drug-likeness (QED) is 0.619. The van der Waals surface area contributed by atoms with Gasteiger partial charge in [-0.2, -0.15) is 0 Å². The molecule has 8 nitrogen and oxygen atoms in total. The van der Waals surface area contributed by atoms with Crippen molar-refractivity contribution in [3.05, 3.63) is 53.3 Å². The predicted molar refractivity (Wildman–Crippen MR) is 139 cm³/mol. The summed E-state index contributed by atoms with van der Waals surface area (Å²) in [5.41, 5.74) is 3.65. The zero-order valence-corrected chi connectivity index (χ0v) is 21.1. The van der Waals surface area contributed by atoms with Crippen LogP contribution in [0.5, 0.6) is 0 Å². The molecule has 1 aliphatic heterocycles. The number of anilines is 2. The Morgan fingerprint density at radius 1 is 1.06 bits per heavy atom. The van der Waals surface area contributed by atoms with Crippen molar-refractivity contribution in [2.45, 2.75) is 76.9 Å². The molecule has 2 heterocycles. The summed E-state index contributed by atoms with van der Waals surface area (Å²) in [4.78, 5) is 47.2. The lowest BCUT2D eigenvalue weighted by atomic mass is 9.95. The minimum absolute atomic E-state index is 0.00515. The Hall–Kier alpha value is -3.26. The van der Waals surface area contributed by atoms with E-state index in [2.05, 4.69) is 15.6 Å². The maximum Gasteiger partial charge on any atom is 0.251 e. The van der Waals surface area contributed by atoms with Crippen LogP contribution in [-0.2, 0) is 9.59 Å². The molecule has 2 fully saturated rings. The molecule has 2 saturated carbocycles. The van der Waals surface area contributed by atoms with E-state index in [1.807, 2.05) is 36.9 Å². The van der Waals surface area contributed by atoms with Crippen LogP contribution in [0.15, 0.2) is 36.5 Å². The molecule has 2 aromatic rings. The molecule has 8 heteroatoms. The third-order valence-corrected chi connectivity index (χ3v) is 7.49. The van der Waals surface area contributed by atoms with Crippen LogP contribution >= 0.6 is 0 Å². The summed E-state index contributed by atoms with van der Waals surface area (Å²) in [7, 11) is 0. The van der Waals surface area contributed by atoms with Crippen molar-refractivity contribution in [3.8, 4) is 0 Å². The van der Waals surface area contributed by atoms with E-state index in [-0.39, 0.29) is 42.9 Å². The zero-order chi connectivity index (χ0) is 25.2. The van der Waals surface area contributed by atoms with Crippen molar-refractivity contribution >= 4 is 29.1 Å². The molecule has 1 atom stereocenters. The van der Waals surface area contributed by atoms with Crippen molar-refractivity contribution in [1.29, 1.82) is 0 Å². The first-order valence-corrected chi connectivity index (χ1v) is 13.1. The Labute approximate surface area is 212 Å². The van der Waals surface area contributed by atoms with Gasteiger partial charge < -0.3 is 15.5 Å². The maximum absolute atomic E-state index is 13.3. The number of pyridine rings is 1. The second kappa shape index (κ2) is 10.4. The lowest BCUT2D eigenvalue weighted by molar-refractivity contribution is -0.122. The van der Waals surface area contributed by atoms with E-state index >= 15 is 0 Å². The molecule has 0 radical (unpaired) electrons. The van der Waals surface area contributed by atoms with Crippen molar-refractivity contribution in [2.24, 2.45) is 0 Å². The van der Waals surface area contributed by atoms with Crippen molar-refractivity contribution in [2.75, 3.05) is 22.9 Å². The Morgan fingerprint density at radius 2 is 1.83 bits per heavy atom. The summed E-state index contributed by atoms with van der Waals surface area (Å²) in [5.74, 6) is -0.426. The second-order valence-electron chi connectivity index (χ2n) is 10.3. The van der Waals surface area contributed by atoms with Gasteiger partial charge in [0.2, 0.25) is 11.8 Å². The SMILES string of the molecule is Cc1ccc(C(C)NC(=O)c2ccc3c(c2)N(C(=O)CNC2CCCCC2)CC(=O)N3C2CC2)cn1. The van der Waals surface area contributed by atoms with Gasteiger partial charge in [-0.15, -0.1) is 0 Å². The van der Waals surface area contributed by atoms with Crippen molar-refractivity contribution in [3.63, 3.8) is 0 Å². The normalized spacial score (nSPS) is 19.1. The van der Waals surface area contributed by atoms with Crippen LogP contribution in [0.1, 0.15) is 79.5 Å². The third kappa shape index (κ3) is 5.28. The number of rotatable bonds is 7. The highest BCUT2D eigenvalue weighted by atomic mass is 16.2. The number of benzene rings is 1. The highest BCUT2D eigenvalue weighted by Gasteiger charge is 2.40. The van der Waals surface area contributed by atoms with Gasteiger partial charge in [0.1, 0.15) is 6.54 Å². The molecule has 0 spiro atoms. The fourth-order valence-corrected chi connectivity index (χ4v) is 5.20. The average molecular weight is 490 g/mol. The van der Waals surface area contributed by atoms with E-state index in [1.54, 1.807) is 23.2 Å². The second-order valence-corrected chi connectivity index (χ2v) is 10.3. The van der Waals surface area contributed by atoms with Gasteiger partial charge in [-0.3, -0.25) is 24.3 Å². The number of nitrogens with zero attached hydrogens (tertiary/aromatic N) is 3. The van der Waals surface area contributed by atoms with Crippen LogP contribution in [0, 0.1) is 6.92 Å². The molecule has 3 aliphatic rings. The van der Waals surface area contributed by atoms with Crippen LogP contribution in [-0.4, -0.2) is 47.9 Å². The molecule has 36 heavy (non-hydrogen) atoms. The van der Waals surface area contributed by atoms with Gasteiger partial charge in [-0.05, 0) is 69.4 Å². The van der Waals surface area contributed by atoms with Gasteiger partial charge >= 0.3 is 0 Å². The zero-order valence-electron chi connectivity index (χ0n) is 21.1. The number of carbonyl (C=O) groups is 3.